The van der Waals surface area contributed by atoms with Crippen LogP contribution in [0.25, 0.3) is 11.4 Å². The number of thiophene rings is 1. The second-order valence-corrected chi connectivity index (χ2v) is 5.90. The van der Waals surface area contributed by atoms with E-state index in [1.54, 1.807) is 19.1 Å². The van der Waals surface area contributed by atoms with Gasteiger partial charge >= 0.3 is 5.97 Å². The molecular formula is C16H13FN2O3S. The van der Waals surface area contributed by atoms with Gasteiger partial charge < -0.3 is 9.26 Å². The minimum Gasteiger partial charge on any atom is -0.451 e. The Morgan fingerprint density at radius 1 is 1.30 bits per heavy atom. The molecule has 0 radical (unpaired) electrons. The number of hydrogen-bond donors (Lipinski definition) is 0. The van der Waals surface area contributed by atoms with Crippen molar-refractivity contribution in [2.45, 2.75) is 20.5 Å². The van der Waals surface area contributed by atoms with Gasteiger partial charge in [-0.2, -0.15) is 4.98 Å². The van der Waals surface area contributed by atoms with Crippen LogP contribution in [-0.4, -0.2) is 16.1 Å². The highest BCUT2D eigenvalue weighted by Gasteiger charge is 2.15. The molecule has 0 unspecified atom stereocenters. The van der Waals surface area contributed by atoms with Crippen molar-refractivity contribution in [3.63, 3.8) is 0 Å². The zero-order valence-electron chi connectivity index (χ0n) is 12.5. The highest BCUT2D eigenvalue weighted by atomic mass is 32.1. The minimum absolute atomic E-state index is 0.127. The van der Waals surface area contributed by atoms with Crippen molar-refractivity contribution in [1.29, 1.82) is 0 Å². The molecule has 0 saturated heterocycles. The molecular weight excluding hydrogens is 319 g/mol. The molecule has 0 saturated carbocycles. The summed E-state index contributed by atoms with van der Waals surface area (Å²) in [4.78, 5) is 16.6. The van der Waals surface area contributed by atoms with Gasteiger partial charge in [0.15, 0.2) is 6.61 Å². The Morgan fingerprint density at radius 3 is 2.83 bits per heavy atom. The van der Waals surface area contributed by atoms with E-state index in [0.717, 1.165) is 5.56 Å². The van der Waals surface area contributed by atoms with Gasteiger partial charge in [-0.05, 0) is 42.5 Å². The molecule has 0 aliphatic carbocycles. The summed E-state index contributed by atoms with van der Waals surface area (Å²) in [5.74, 6) is -0.363. The van der Waals surface area contributed by atoms with Crippen LogP contribution in [0.2, 0.25) is 0 Å². The van der Waals surface area contributed by atoms with E-state index < -0.39 is 5.97 Å². The third-order valence-electron chi connectivity index (χ3n) is 3.27. The average Bonchev–Trinajstić information content (AvgIpc) is 3.16. The van der Waals surface area contributed by atoms with E-state index in [4.69, 9.17) is 9.26 Å². The second kappa shape index (κ2) is 6.29. The highest BCUT2D eigenvalue weighted by molar-refractivity contribution is 7.12. The first kappa shape index (κ1) is 15.4. The van der Waals surface area contributed by atoms with Crippen LogP contribution in [0, 0.1) is 19.7 Å². The number of carbonyl (C=O) groups is 1. The smallest absolute Gasteiger partial charge is 0.349 e. The molecule has 0 spiro atoms. The van der Waals surface area contributed by atoms with Crippen LogP contribution in [0.4, 0.5) is 4.39 Å². The third kappa shape index (κ3) is 3.29. The van der Waals surface area contributed by atoms with Gasteiger partial charge in [-0.1, -0.05) is 17.3 Å². The molecule has 5 nitrogen and oxygen atoms in total. The number of aryl methyl sites for hydroxylation is 2. The number of esters is 1. The molecule has 1 aromatic carbocycles. The van der Waals surface area contributed by atoms with E-state index in [-0.39, 0.29) is 24.1 Å². The maximum atomic E-state index is 13.6. The average molecular weight is 332 g/mol. The van der Waals surface area contributed by atoms with Gasteiger partial charge in [-0.3, -0.25) is 0 Å². The quantitative estimate of drug-likeness (QED) is 0.678. The van der Waals surface area contributed by atoms with Crippen LogP contribution >= 0.6 is 11.3 Å². The Kier molecular flexibility index (Phi) is 4.20. The van der Waals surface area contributed by atoms with E-state index in [1.165, 1.54) is 17.4 Å². The Hall–Kier alpha value is -2.54. The number of rotatable bonds is 4. The molecule has 0 aliphatic rings. The van der Waals surface area contributed by atoms with Crippen LogP contribution in [0.1, 0.15) is 26.7 Å². The number of aromatic nitrogens is 2. The van der Waals surface area contributed by atoms with Gasteiger partial charge in [0.2, 0.25) is 5.82 Å². The topological polar surface area (TPSA) is 65.2 Å². The number of benzene rings is 1. The molecule has 0 aliphatic heterocycles. The number of halogens is 1. The molecule has 0 N–H and O–H groups in total. The number of hydrogen-bond acceptors (Lipinski definition) is 6. The summed E-state index contributed by atoms with van der Waals surface area (Å²) in [7, 11) is 0. The van der Waals surface area contributed by atoms with Crippen molar-refractivity contribution >= 4 is 17.3 Å². The molecule has 23 heavy (non-hydrogen) atoms. The first-order valence-electron chi connectivity index (χ1n) is 6.85. The lowest BCUT2D eigenvalue weighted by atomic mass is 10.1. The van der Waals surface area contributed by atoms with Crippen LogP contribution in [-0.2, 0) is 11.3 Å². The van der Waals surface area contributed by atoms with Gasteiger partial charge in [0.1, 0.15) is 10.7 Å². The summed E-state index contributed by atoms with van der Waals surface area (Å²) in [5.41, 5.74) is 1.91. The van der Waals surface area contributed by atoms with E-state index >= 15 is 0 Å². The fraction of sp³-hybridized carbons (Fsp3) is 0.188. The lowest BCUT2D eigenvalue weighted by Crippen LogP contribution is -2.04. The maximum absolute atomic E-state index is 13.6. The summed E-state index contributed by atoms with van der Waals surface area (Å²) in [5, 5.41) is 5.60. The van der Waals surface area contributed by atoms with Gasteiger partial charge in [0, 0.05) is 5.56 Å². The van der Waals surface area contributed by atoms with Crippen molar-refractivity contribution < 1.29 is 18.4 Å². The van der Waals surface area contributed by atoms with Crippen LogP contribution in [0.3, 0.4) is 0 Å². The van der Waals surface area contributed by atoms with E-state index in [9.17, 15) is 9.18 Å². The van der Waals surface area contributed by atoms with Crippen LogP contribution < -0.4 is 0 Å². The van der Waals surface area contributed by atoms with Gasteiger partial charge in [0.05, 0.1) is 0 Å². The Morgan fingerprint density at radius 2 is 2.13 bits per heavy atom. The summed E-state index contributed by atoms with van der Waals surface area (Å²) >= 11 is 1.31. The number of nitrogens with zero attached hydrogens (tertiary/aromatic N) is 2. The second-order valence-electron chi connectivity index (χ2n) is 4.98. The minimum atomic E-state index is -0.432. The van der Waals surface area contributed by atoms with Crippen molar-refractivity contribution in [3.05, 3.63) is 57.4 Å². The van der Waals surface area contributed by atoms with E-state index in [0.29, 0.717) is 16.0 Å². The van der Waals surface area contributed by atoms with Gasteiger partial charge in [-0.15, -0.1) is 11.3 Å². The molecule has 2 heterocycles. The lowest BCUT2D eigenvalue weighted by Gasteiger charge is -2.00. The number of ether oxygens (including phenoxy) is 1. The summed E-state index contributed by atoms with van der Waals surface area (Å²) < 4.78 is 23.7. The standard InChI is InChI=1S/C16H13FN2O3S/c1-9-3-4-11(7-12(9)17)15-18-13(22-19-15)8-21-16(20)14-10(2)5-6-23-14/h3-7H,8H2,1-2H3. The largest absolute Gasteiger partial charge is 0.451 e. The maximum Gasteiger partial charge on any atom is 0.349 e. The van der Waals surface area contributed by atoms with Crippen LogP contribution in [0.15, 0.2) is 34.2 Å². The Labute approximate surface area is 135 Å². The zero-order valence-corrected chi connectivity index (χ0v) is 13.3. The fourth-order valence-corrected chi connectivity index (χ4v) is 2.75. The first-order valence-corrected chi connectivity index (χ1v) is 7.73. The monoisotopic (exact) mass is 332 g/mol. The fourth-order valence-electron chi connectivity index (χ4n) is 1.94. The molecule has 0 fully saturated rings. The van der Waals surface area contributed by atoms with Crippen molar-refractivity contribution in [2.24, 2.45) is 0 Å². The highest BCUT2D eigenvalue weighted by Crippen LogP contribution is 2.20. The lowest BCUT2D eigenvalue weighted by molar-refractivity contribution is 0.0435. The first-order chi connectivity index (χ1) is 11.0. The van der Waals surface area contributed by atoms with E-state index in [2.05, 4.69) is 10.1 Å². The summed E-state index contributed by atoms with van der Waals surface area (Å²) in [6.07, 6.45) is 0. The van der Waals surface area contributed by atoms with Gasteiger partial charge in [0.25, 0.3) is 5.89 Å². The van der Waals surface area contributed by atoms with Gasteiger partial charge in [-0.25, -0.2) is 9.18 Å². The molecule has 2 aromatic heterocycles. The summed E-state index contributed by atoms with van der Waals surface area (Å²) in [6.45, 7) is 3.38. The molecule has 0 bridgehead atoms. The Bertz CT molecular complexity index is 857. The van der Waals surface area contributed by atoms with Crippen molar-refractivity contribution in [2.75, 3.05) is 0 Å². The van der Waals surface area contributed by atoms with Crippen LogP contribution in [0.5, 0.6) is 0 Å². The molecule has 7 heteroatoms. The molecule has 118 valence electrons. The SMILES string of the molecule is Cc1ccc(-c2noc(COC(=O)c3sccc3C)n2)cc1F. The Balaban J connectivity index is 1.69. The molecule has 3 rings (SSSR count). The predicted molar refractivity (Wildman–Crippen MR) is 82.6 cm³/mol. The zero-order chi connectivity index (χ0) is 16.4. The van der Waals surface area contributed by atoms with Crippen molar-refractivity contribution in [1.82, 2.24) is 10.1 Å². The van der Waals surface area contributed by atoms with E-state index in [1.807, 2.05) is 18.4 Å². The third-order valence-corrected chi connectivity index (χ3v) is 4.27. The molecule has 0 atom stereocenters. The van der Waals surface area contributed by atoms with Crippen molar-refractivity contribution in [3.8, 4) is 11.4 Å². The number of carbonyl (C=O) groups excluding carboxylic acids is 1. The normalized spacial score (nSPS) is 10.7. The predicted octanol–water partition coefficient (Wildman–Crippen LogP) is 3.91. The molecule has 0 amide bonds. The molecule has 3 aromatic rings. The summed E-state index contributed by atoms with van der Waals surface area (Å²) in [6, 6.07) is 6.53.